The molecule has 2 heterocycles. The number of aliphatic carboxylic acids is 1. The van der Waals surface area contributed by atoms with Crippen LogP contribution in [0.5, 0.6) is 5.75 Å². The SMILES string of the molecule is CCCOc1ccc(-c2nn(-c3ccccc3)cc2C=C2SC(=S)N(CC(=O)O)C2=O)c(C)c1. The zero-order chi connectivity index (χ0) is 24.2. The molecule has 0 unspecified atom stereocenters. The molecule has 1 aliphatic heterocycles. The highest BCUT2D eigenvalue weighted by Crippen LogP contribution is 2.36. The fourth-order valence-electron chi connectivity index (χ4n) is 3.54. The average Bonchev–Trinajstić information content (AvgIpc) is 3.34. The Morgan fingerprint density at radius 1 is 1.24 bits per heavy atom. The number of ether oxygens (including phenoxy) is 1. The number of aromatic nitrogens is 2. The predicted octanol–water partition coefficient (Wildman–Crippen LogP) is 4.92. The molecule has 1 fully saturated rings. The molecule has 1 amide bonds. The molecule has 1 aliphatic rings. The van der Waals surface area contributed by atoms with Gasteiger partial charge in [-0.25, -0.2) is 4.68 Å². The number of benzene rings is 2. The Bertz CT molecular complexity index is 1280. The van der Waals surface area contributed by atoms with Crippen LogP contribution in [0.3, 0.4) is 0 Å². The first-order valence-corrected chi connectivity index (χ1v) is 12.0. The number of carboxylic acids is 1. The number of carboxylic acid groups (broad SMARTS) is 1. The number of carbonyl (C=O) groups is 2. The summed E-state index contributed by atoms with van der Waals surface area (Å²) in [7, 11) is 0. The van der Waals surface area contributed by atoms with Crippen molar-refractivity contribution < 1.29 is 19.4 Å². The lowest BCUT2D eigenvalue weighted by Gasteiger charge is -2.10. The van der Waals surface area contributed by atoms with Crippen LogP contribution in [0.1, 0.15) is 24.5 Å². The molecule has 0 spiro atoms. The van der Waals surface area contributed by atoms with E-state index in [-0.39, 0.29) is 4.32 Å². The first-order chi connectivity index (χ1) is 16.4. The second-order valence-electron chi connectivity index (χ2n) is 7.70. The van der Waals surface area contributed by atoms with Gasteiger partial charge in [0, 0.05) is 17.3 Å². The zero-order valence-corrected chi connectivity index (χ0v) is 20.4. The summed E-state index contributed by atoms with van der Waals surface area (Å²) in [5.74, 6) is -0.742. The van der Waals surface area contributed by atoms with Crippen LogP contribution in [0.2, 0.25) is 0 Å². The van der Waals surface area contributed by atoms with Gasteiger partial charge < -0.3 is 9.84 Å². The lowest BCUT2D eigenvalue weighted by Crippen LogP contribution is -2.33. The van der Waals surface area contributed by atoms with E-state index in [9.17, 15) is 9.59 Å². The fourth-order valence-corrected chi connectivity index (χ4v) is 4.79. The summed E-state index contributed by atoms with van der Waals surface area (Å²) in [5, 5.41) is 13.9. The molecule has 0 aliphatic carbocycles. The van der Waals surface area contributed by atoms with E-state index in [1.807, 2.05) is 61.7 Å². The highest BCUT2D eigenvalue weighted by molar-refractivity contribution is 8.26. The Labute approximate surface area is 207 Å². The van der Waals surface area contributed by atoms with Gasteiger partial charge in [0.15, 0.2) is 0 Å². The van der Waals surface area contributed by atoms with Crippen molar-refractivity contribution in [2.24, 2.45) is 0 Å². The van der Waals surface area contributed by atoms with Crippen molar-refractivity contribution >= 4 is 46.3 Å². The molecule has 1 N–H and O–H groups in total. The van der Waals surface area contributed by atoms with E-state index in [1.54, 1.807) is 10.8 Å². The van der Waals surface area contributed by atoms with Crippen molar-refractivity contribution in [1.29, 1.82) is 0 Å². The topological polar surface area (TPSA) is 84.7 Å². The number of hydrogen-bond acceptors (Lipinski definition) is 6. The van der Waals surface area contributed by atoms with E-state index >= 15 is 0 Å². The van der Waals surface area contributed by atoms with Gasteiger partial charge in [-0.05, 0) is 55.3 Å². The Kier molecular flexibility index (Phi) is 7.14. The zero-order valence-electron chi connectivity index (χ0n) is 18.7. The van der Waals surface area contributed by atoms with E-state index in [4.69, 9.17) is 27.2 Å². The van der Waals surface area contributed by atoms with Gasteiger partial charge in [-0.2, -0.15) is 5.10 Å². The van der Waals surface area contributed by atoms with E-state index in [0.29, 0.717) is 17.2 Å². The number of carbonyl (C=O) groups excluding carboxylic acids is 1. The molecule has 0 bridgehead atoms. The highest BCUT2D eigenvalue weighted by Gasteiger charge is 2.33. The Balaban J connectivity index is 1.78. The van der Waals surface area contributed by atoms with Crippen molar-refractivity contribution in [2.75, 3.05) is 13.2 Å². The summed E-state index contributed by atoms with van der Waals surface area (Å²) in [4.78, 5) is 25.4. The highest BCUT2D eigenvalue weighted by atomic mass is 32.2. The monoisotopic (exact) mass is 493 g/mol. The van der Waals surface area contributed by atoms with Crippen molar-refractivity contribution in [1.82, 2.24) is 14.7 Å². The standard InChI is InChI=1S/C25H23N3O4S2/c1-3-11-32-19-9-10-20(16(2)12-19)23-17(14-28(26-23)18-7-5-4-6-8-18)13-21-24(31)27(15-22(29)30)25(33)34-21/h4-10,12-14H,3,11,15H2,1-2H3,(H,29,30). The quantitative estimate of drug-likeness (QED) is 0.352. The molecule has 0 saturated carbocycles. The molecular formula is C25H23N3O4S2. The average molecular weight is 494 g/mol. The molecule has 4 rings (SSSR count). The van der Waals surface area contributed by atoms with Crippen molar-refractivity contribution in [3.63, 3.8) is 0 Å². The smallest absolute Gasteiger partial charge is 0.323 e. The van der Waals surface area contributed by atoms with Gasteiger partial charge in [0.05, 0.1) is 17.2 Å². The molecule has 0 atom stereocenters. The lowest BCUT2D eigenvalue weighted by atomic mass is 10.0. The fraction of sp³-hybridized carbons (Fsp3) is 0.200. The second kappa shape index (κ2) is 10.2. The van der Waals surface area contributed by atoms with Crippen LogP contribution in [0, 0.1) is 6.92 Å². The van der Waals surface area contributed by atoms with Crippen LogP contribution in [-0.2, 0) is 9.59 Å². The van der Waals surface area contributed by atoms with Gasteiger partial charge >= 0.3 is 5.97 Å². The minimum atomic E-state index is -1.11. The van der Waals surface area contributed by atoms with Gasteiger partial charge in [0.2, 0.25) is 0 Å². The van der Waals surface area contributed by atoms with Gasteiger partial charge in [-0.15, -0.1) is 0 Å². The minimum Gasteiger partial charge on any atom is -0.494 e. The lowest BCUT2D eigenvalue weighted by molar-refractivity contribution is -0.140. The van der Waals surface area contributed by atoms with E-state index in [2.05, 4.69) is 6.92 Å². The number of thioether (sulfide) groups is 1. The summed E-state index contributed by atoms with van der Waals surface area (Å²) >= 11 is 6.33. The predicted molar refractivity (Wildman–Crippen MR) is 137 cm³/mol. The molecule has 3 aromatic rings. The van der Waals surface area contributed by atoms with Gasteiger partial charge in [0.1, 0.15) is 22.3 Å². The van der Waals surface area contributed by atoms with Gasteiger partial charge in [0.25, 0.3) is 5.91 Å². The summed E-state index contributed by atoms with van der Waals surface area (Å²) in [6, 6.07) is 15.5. The number of hydrogen-bond donors (Lipinski definition) is 1. The third-order valence-electron chi connectivity index (χ3n) is 5.14. The number of thiocarbonyl (C=S) groups is 1. The van der Waals surface area contributed by atoms with Crippen LogP contribution >= 0.6 is 24.0 Å². The molecule has 9 heteroatoms. The molecule has 34 heavy (non-hydrogen) atoms. The maximum absolute atomic E-state index is 12.8. The first-order valence-electron chi connectivity index (χ1n) is 10.7. The van der Waals surface area contributed by atoms with Crippen LogP contribution in [-0.4, -0.2) is 49.1 Å². The number of amides is 1. The maximum Gasteiger partial charge on any atom is 0.323 e. The van der Waals surface area contributed by atoms with Crippen LogP contribution in [0.4, 0.5) is 0 Å². The maximum atomic E-state index is 12.8. The van der Waals surface area contributed by atoms with E-state index in [1.165, 1.54) is 0 Å². The molecule has 0 radical (unpaired) electrons. The summed E-state index contributed by atoms with van der Waals surface area (Å²) in [6.07, 6.45) is 4.51. The summed E-state index contributed by atoms with van der Waals surface area (Å²) in [6.45, 7) is 4.23. The number of rotatable bonds is 8. The van der Waals surface area contributed by atoms with Crippen molar-refractivity contribution in [3.8, 4) is 22.7 Å². The minimum absolute atomic E-state index is 0.226. The molecule has 1 aromatic heterocycles. The van der Waals surface area contributed by atoms with Crippen LogP contribution < -0.4 is 4.74 Å². The number of aryl methyl sites for hydroxylation is 1. The second-order valence-corrected chi connectivity index (χ2v) is 9.38. The number of nitrogens with zero attached hydrogens (tertiary/aromatic N) is 3. The van der Waals surface area contributed by atoms with Crippen molar-refractivity contribution in [3.05, 3.63) is 70.8 Å². The number of para-hydroxylation sites is 1. The Morgan fingerprint density at radius 2 is 2.00 bits per heavy atom. The molecular weight excluding hydrogens is 470 g/mol. The third-order valence-corrected chi connectivity index (χ3v) is 6.52. The summed E-state index contributed by atoms with van der Waals surface area (Å²) < 4.78 is 7.75. The third kappa shape index (κ3) is 5.05. The molecule has 1 saturated heterocycles. The molecule has 174 valence electrons. The largest absolute Gasteiger partial charge is 0.494 e. The summed E-state index contributed by atoms with van der Waals surface area (Å²) in [5.41, 5.74) is 4.20. The van der Waals surface area contributed by atoms with Crippen LogP contribution in [0.15, 0.2) is 59.6 Å². The Morgan fingerprint density at radius 3 is 2.68 bits per heavy atom. The van der Waals surface area contributed by atoms with E-state index in [0.717, 1.165) is 51.2 Å². The Hall–Kier alpha value is -3.43. The van der Waals surface area contributed by atoms with E-state index < -0.39 is 18.4 Å². The van der Waals surface area contributed by atoms with Gasteiger partial charge in [-0.3, -0.25) is 14.5 Å². The van der Waals surface area contributed by atoms with Crippen LogP contribution in [0.25, 0.3) is 23.0 Å². The normalized spacial score (nSPS) is 14.8. The van der Waals surface area contributed by atoms with Gasteiger partial charge in [-0.1, -0.05) is 49.1 Å². The molecule has 2 aromatic carbocycles. The molecule has 7 nitrogen and oxygen atoms in total. The first kappa shape index (κ1) is 23.7. The van der Waals surface area contributed by atoms with Crippen molar-refractivity contribution in [2.45, 2.75) is 20.3 Å².